The number of nitrogens with zero attached hydrogens (tertiary/aromatic N) is 2. The summed E-state index contributed by atoms with van der Waals surface area (Å²) in [7, 11) is 0. The molecule has 0 N–H and O–H groups in total. The molecule has 3 heteroatoms. The van der Waals surface area contributed by atoms with Gasteiger partial charge in [-0.25, -0.2) is 0 Å². The quantitative estimate of drug-likeness (QED) is 0.609. The first-order valence-electron chi connectivity index (χ1n) is 5.99. The highest BCUT2D eigenvalue weighted by atomic mass is 16.5. The minimum absolute atomic E-state index is 0.734. The van der Waals surface area contributed by atoms with Crippen molar-refractivity contribution in [2.75, 3.05) is 39.4 Å². The molecule has 3 rings (SSSR count). The average Bonchev–Trinajstić information content (AvgIpc) is 2.88. The van der Waals surface area contributed by atoms with Crippen LogP contribution in [0.2, 0.25) is 0 Å². The van der Waals surface area contributed by atoms with Crippen LogP contribution in [0.15, 0.2) is 0 Å². The average molecular weight is 196 g/mol. The molecule has 0 saturated carbocycles. The normalized spacial score (nSPS) is 40.3. The maximum absolute atomic E-state index is 5.47. The first-order valence-corrected chi connectivity index (χ1v) is 5.99. The number of piperazine rings is 1. The summed E-state index contributed by atoms with van der Waals surface area (Å²) in [5, 5.41) is 0. The van der Waals surface area contributed by atoms with Crippen molar-refractivity contribution in [3.05, 3.63) is 0 Å². The van der Waals surface area contributed by atoms with Gasteiger partial charge in [-0.1, -0.05) is 0 Å². The fraction of sp³-hybridized carbons (Fsp3) is 1.00. The van der Waals surface area contributed by atoms with Gasteiger partial charge < -0.3 is 4.74 Å². The van der Waals surface area contributed by atoms with Gasteiger partial charge in [-0.05, 0) is 25.8 Å². The topological polar surface area (TPSA) is 15.7 Å². The van der Waals surface area contributed by atoms with E-state index in [-0.39, 0.29) is 0 Å². The third kappa shape index (κ3) is 1.58. The standard InChI is InChI=1S/C11H20N2O/c1-2-10-8-13(6-5-12(10)4-1)11-3-7-14-9-11/h10-11H,1-9H2. The predicted molar refractivity (Wildman–Crippen MR) is 55.4 cm³/mol. The Balaban J connectivity index is 1.60. The Hall–Kier alpha value is -0.120. The van der Waals surface area contributed by atoms with Crippen molar-refractivity contribution < 1.29 is 4.74 Å². The van der Waals surface area contributed by atoms with E-state index >= 15 is 0 Å². The van der Waals surface area contributed by atoms with E-state index in [1.165, 1.54) is 45.4 Å². The van der Waals surface area contributed by atoms with Crippen LogP contribution in [0.3, 0.4) is 0 Å². The first-order chi connectivity index (χ1) is 6.93. The van der Waals surface area contributed by atoms with Gasteiger partial charge in [0.2, 0.25) is 0 Å². The Labute approximate surface area is 86.0 Å². The summed E-state index contributed by atoms with van der Waals surface area (Å²) >= 11 is 0. The second-order valence-corrected chi connectivity index (χ2v) is 4.84. The lowest BCUT2D eigenvalue weighted by molar-refractivity contribution is 0.0641. The SMILES string of the molecule is C1CC2CN(C3CCOC3)CCN2C1. The van der Waals surface area contributed by atoms with Gasteiger partial charge in [0, 0.05) is 38.3 Å². The summed E-state index contributed by atoms with van der Waals surface area (Å²) in [6.45, 7) is 7.17. The van der Waals surface area contributed by atoms with Gasteiger partial charge in [-0.3, -0.25) is 9.80 Å². The van der Waals surface area contributed by atoms with Crippen molar-refractivity contribution in [1.29, 1.82) is 0 Å². The molecule has 3 fully saturated rings. The molecule has 3 aliphatic rings. The summed E-state index contributed by atoms with van der Waals surface area (Å²) in [5.74, 6) is 0. The highest BCUT2D eigenvalue weighted by molar-refractivity contribution is 4.90. The molecular weight excluding hydrogens is 176 g/mol. The first kappa shape index (κ1) is 9.13. The van der Waals surface area contributed by atoms with Crippen molar-refractivity contribution in [1.82, 2.24) is 9.80 Å². The smallest absolute Gasteiger partial charge is 0.0622 e. The molecule has 0 aromatic carbocycles. The van der Waals surface area contributed by atoms with Gasteiger partial charge in [-0.15, -0.1) is 0 Å². The molecule has 3 saturated heterocycles. The molecule has 0 aromatic rings. The second-order valence-electron chi connectivity index (χ2n) is 4.84. The number of hydrogen-bond donors (Lipinski definition) is 0. The molecule has 3 heterocycles. The molecule has 0 aliphatic carbocycles. The van der Waals surface area contributed by atoms with Gasteiger partial charge in [0.05, 0.1) is 6.61 Å². The van der Waals surface area contributed by atoms with Crippen molar-refractivity contribution in [3.63, 3.8) is 0 Å². The third-order valence-electron chi connectivity index (χ3n) is 4.04. The molecule has 0 amide bonds. The molecule has 0 aromatic heterocycles. The van der Waals surface area contributed by atoms with Crippen LogP contribution in [0.25, 0.3) is 0 Å². The monoisotopic (exact) mass is 196 g/mol. The van der Waals surface area contributed by atoms with Crippen molar-refractivity contribution >= 4 is 0 Å². The zero-order valence-corrected chi connectivity index (χ0v) is 8.82. The van der Waals surface area contributed by atoms with E-state index in [2.05, 4.69) is 9.80 Å². The third-order valence-corrected chi connectivity index (χ3v) is 4.04. The lowest BCUT2D eigenvalue weighted by Crippen LogP contribution is -2.53. The Morgan fingerprint density at radius 1 is 0.929 bits per heavy atom. The van der Waals surface area contributed by atoms with Crippen LogP contribution in [0.1, 0.15) is 19.3 Å². The Bertz CT molecular complexity index is 203. The zero-order valence-electron chi connectivity index (χ0n) is 8.82. The van der Waals surface area contributed by atoms with Crippen molar-refractivity contribution in [2.45, 2.75) is 31.3 Å². The van der Waals surface area contributed by atoms with E-state index in [0.717, 1.165) is 25.3 Å². The molecule has 0 bridgehead atoms. The molecule has 2 atom stereocenters. The molecular formula is C11H20N2O. The van der Waals surface area contributed by atoms with E-state index in [1.807, 2.05) is 0 Å². The molecule has 0 spiro atoms. The van der Waals surface area contributed by atoms with Crippen molar-refractivity contribution in [3.8, 4) is 0 Å². The summed E-state index contributed by atoms with van der Waals surface area (Å²) in [5.41, 5.74) is 0. The number of ether oxygens (including phenoxy) is 1. The van der Waals surface area contributed by atoms with Gasteiger partial charge in [-0.2, -0.15) is 0 Å². The van der Waals surface area contributed by atoms with Crippen LogP contribution in [-0.2, 0) is 4.74 Å². The Morgan fingerprint density at radius 3 is 2.71 bits per heavy atom. The predicted octanol–water partition coefficient (Wildman–Crippen LogP) is 0.555. The fourth-order valence-corrected chi connectivity index (χ4v) is 3.16. The van der Waals surface area contributed by atoms with Crippen LogP contribution < -0.4 is 0 Å². The summed E-state index contributed by atoms with van der Waals surface area (Å²) in [4.78, 5) is 5.34. The maximum Gasteiger partial charge on any atom is 0.0622 e. The number of rotatable bonds is 1. The molecule has 2 unspecified atom stereocenters. The maximum atomic E-state index is 5.47. The molecule has 80 valence electrons. The van der Waals surface area contributed by atoms with Gasteiger partial charge in [0.15, 0.2) is 0 Å². The summed E-state index contributed by atoms with van der Waals surface area (Å²) in [6, 6.07) is 1.60. The van der Waals surface area contributed by atoms with Gasteiger partial charge >= 0.3 is 0 Å². The molecule has 0 radical (unpaired) electrons. The summed E-state index contributed by atoms with van der Waals surface area (Å²) in [6.07, 6.45) is 4.09. The Morgan fingerprint density at radius 2 is 1.86 bits per heavy atom. The van der Waals surface area contributed by atoms with E-state index in [4.69, 9.17) is 4.74 Å². The minimum Gasteiger partial charge on any atom is -0.380 e. The Kier molecular flexibility index (Phi) is 2.48. The lowest BCUT2D eigenvalue weighted by Gasteiger charge is -2.40. The van der Waals surface area contributed by atoms with Gasteiger partial charge in [0.1, 0.15) is 0 Å². The van der Waals surface area contributed by atoms with E-state index in [0.29, 0.717) is 0 Å². The van der Waals surface area contributed by atoms with Crippen molar-refractivity contribution in [2.24, 2.45) is 0 Å². The summed E-state index contributed by atoms with van der Waals surface area (Å²) < 4.78 is 5.47. The molecule has 3 nitrogen and oxygen atoms in total. The van der Waals surface area contributed by atoms with Gasteiger partial charge in [0.25, 0.3) is 0 Å². The minimum atomic E-state index is 0.734. The second kappa shape index (κ2) is 3.80. The van der Waals surface area contributed by atoms with Crippen LogP contribution in [0.5, 0.6) is 0 Å². The zero-order chi connectivity index (χ0) is 9.38. The fourth-order valence-electron chi connectivity index (χ4n) is 3.16. The molecule has 3 aliphatic heterocycles. The lowest BCUT2D eigenvalue weighted by atomic mass is 10.1. The molecule has 14 heavy (non-hydrogen) atoms. The van der Waals surface area contributed by atoms with Crippen LogP contribution >= 0.6 is 0 Å². The van der Waals surface area contributed by atoms with Crippen LogP contribution in [0.4, 0.5) is 0 Å². The van der Waals surface area contributed by atoms with E-state index in [9.17, 15) is 0 Å². The number of fused-ring (bicyclic) bond motifs is 1. The number of hydrogen-bond acceptors (Lipinski definition) is 3. The van der Waals surface area contributed by atoms with E-state index < -0.39 is 0 Å². The highest BCUT2D eigenvalue weighted by Gasteiger charge is 2.34. The highest BCUT2D eigenvalue weighted by Crippen LogP contribution is 2.24. The van der Waals surface area contributed by atoms with Crippen LogP contribution in [-0.4, -0.2) is 61.3 Å². The largest absolute Gasteiger partial charge is 0.380 e. The van der Waals surface area contributed by atoms with Crippen LogP contribution in [0, 0.1) is 0 Å². The van der Waals surface area contributed by atoms with E-state index in [1.54, 1.807) is 0 Å².